The normalized spacial score (nSPS) is 10.4. The fourth-order valence-electron chi connectivity index (χ4n) is 1.52. The first-order valence-electron chi connectivity index (χ1n) is 5.50. The van der Waals surface area contributed by atoms with Crippen LogP contribution in [-0.4, -0.2) is 32.0 Å². The zero-order chi connectivity index (χ0) is 12.1. The minimum absolute atomic E-state index is 0.0847. The predicted molar refractivity (Wildman–Crippen MR) is 62.4 cm³/mol. The van der Waals surface area contributed by atoms with Crippen molar-refractivity contribution in [3.05, 3.63) is 36.4 Å². The molecule has 0 spiro atoms. The van der Waals surface area contributed by atoms with E-state index >= 15 is 0 Å². The van der Waals surface area contributed by atoms with Crippen LogP contribution in [0.3, 0.4) is 0 Å². The Labute approximate surface area is 99.2 Å². The molecule has 0 saturated heterocycles. The van der Waals surface area contributed by atoms with E-state index in [0.717, 1.165) is 13.0 Å². The van der Waals surface area contributed by atoms with Gasteiger partial charge in [0.2, 0.25) is 0 Å². The van der Waals surface area contributed by atoms with Crippen molar-refractivity contribution in [2.24, 2.45) is 7.05 Å². The minimum Gasteiger partial charge on any atom is -0.352 e. The van der Waals surface area contributed by atoms with E-state index in [1.165, 1.54) is 0 Å². The van der Waals surface area contributed by atoms with E-state index in [4.69, 9.17) is 0 Å². The second-order valence-corrected chi connectivity index (χ2v) is 3.78. The van der Waals surface area contributed by atoms with Crippen LogP contribution < -0.4 is 5.32 Å². The molecule has 0 aromatic carbocycles. The smallest absolute Gasteiger partial charge is 0.254 e. The molecule has 2 aromatic rings. The van der Waals surface area contributed by atoms with Crippen LogP contribution in [0.15, 0.2) is 30.9 Å². The molecule has 0 saturated carbocycles. The molecule has 0 aliphatic carbocycles. The molecular weight excluding hydrogens is 218 g/mol. The summed E-state index contributed by atoms with van der Waals surface area (Å²) in [6.45, 7) is 1.44. The van der Waals surface area contributed by atoms with Gasteiger partial charge < -0.3 is 5.32 Å². The summed E-state index contributed by atoms with van der Waals surface area (Å²) in [5.41, 5.74) is 0.589. The summed E-state index contributed by atoms with van der Waals surface area (Å²) in [5.74, 6) is -0.0847. The van der Waals surface area contributed by atoms with Crippen molar-refractivity contribution >= 4 is 5.91 Å². The summed E-state index contributed by atoms with van der Waals surface area (Å²) < 4.78 is 3.45. The molecule has 0 fully saturated rings. The maximum absolute atomic E-state index is 11.6. The van der Waals surface area contributed by atoms with Crippen molar-refractivity contribution in [2.75, 3.05) is 6.54 Å². The molecule has 1 amide bonds. The second kappa shape index (κ2) is 5.29. The number of aryl methyl sites for hydroxylation is 2. The van der Waals surface area contributed by atoms with Crippen molar-refractivity contribution in [3.63, 3.8) is 0 Å². The standard InChI is InChI=1S/C11H15N5O/c1-15-9-10(8-14-15)11(17)12-4-2-6-16-7-3-5-13-16/h3,5,7-9H,2,4,6H2,1H3,(H,12,17). The monoisotopic (exact) mass is 233 g/mol. The molecule has 17 heavy (non-hydrogen) atoms. The largest absolute Gasteiger partial charge is 0.352 e. The topological polar surface area (TPSA) is 64.7 Å². The maximum Gasteiger partial charge on any atom is 0.254 e. The Morgan fingerprint density at radius 3 is 3.00 bits per heavy atom. The Morgan fingerprint density at radius 1 is 1.47 bits per heavy atom. The molecule has 0 atom stereocenters. The molecule has 0 aliphatic rings. The van der Waals surface area contributed by atoms with Crippen molar-refractivity contribution in [1.82, 2.24) is 24.9 Å². The van der Waals surface area contributed by atoms with Crippen LogP contribution in [0, 0.1) is 0 Å². The van der Waals surface area contributed by atoms with Crippen molar-refractivity contribution in [2.45, 2.75) is 13.0 Å². The van der Waals surface area contributed by atoms with Gasteiger partial charge in [0.15, 0.2) is 0 Å². The van der Waals surface area contributed by atoms with Gasteiger partial charge in [0, 0.05) is 38.7 Å². The number of rotatable bonds is 5. The molecular formula is C11H15N5O. The molecule has 1 N–H and O–H groups in total. The molecule has 2 aromatic heterocycles. The molecule has 0 bridgehead atoms. The van der Waals surface area contributed by atoms with Crippen molar-refractivity contribution in [1.29, 1.82) is 0 Å². The van der Waals surface area contributed by atoms with Gasteiger partial charge in [-0.05, 0) is 12.5 Å². The van der Waals surface area contributed by atoms with E-state index in [1.54, 1.807) is 30.3 Å². The quantitative estimate of drug-likeness (QED) is 0.762. The predicted octanol–water partition coefficient (Wildman–Crippen LogP) is 0.437. The van der Waals surface area contributed by atoms with Gasteiger partial charge in [-0.25, -0.2) is 0 Å². The lowest BCUT2D eigenvalue weighted by atomic mass is 10.3. The van der Waals surface area contributed by atoms with Gasteiger partial charge in [-0.3, -0.25) is 14.2 Å². The van der Waals surface area contributed by atoms with Crippen LogP contribution in [0.2, 0.25) is 0 Å². The first kappa shape index (κ1) is 11.4. The SMILES string of the molecule is Cn1cc(C(=O)NCCCn2cccn2)cn1. The van der Waals surface area contributed by atoms with Gasteiger partial charge in [-0.2, -0.15) is 10.2 Å². The van der Waals surface area contributed by atoms with Crippen LogP contribution in [0.25, 0.3) is 0 Å². The van der Waals surface area contributed by atoms with Crippen molar-refractivity contribution in [3.8, 4) is 0 Å². The van der Waals surface area contributed by atoms with Gasteiger partial charge in [0.05, 0.1) is 11.8 Å². The first-order valence-corrected chi connectivity index (χ1v) is 5.50. The molecule has 0 aliphatic heterocycles. The fraction of sp³-hybridized carbons (Fsp3) is 0.364. The van der Waals surface area contributed by atoms with E-state index in [2.05, 4.69) is 15.5 Å². The summed E-state index contributed by atoms with van der Waals surface area (Å²) in [5, 5.41) is 10.9. The fourth-order valence-corrected chi connectivity index (χ4v) is 1.52. The van der Waals surface area contributed by atoms with Crippen LogP contribution in [0.5, 0.6) is 0 Å². The summed E-state index contributed by atoms with van der Waals surface area (Å²) in [7, 11) is 1.79. The lowest BCUT2D eigenvalue weighted by Crippen LogP contribution is -2.25. The Bertz CT molecular complexity index is 474. The summed E-state index contributed by atoms with van der Waals surface area (Å²) in [6, 6.07) is 1.88. The zero-order valence-corrected chi connectivity index (χ0v) is 9.71. The first-order chi connectivity index (χ1) is 8.25. The number of nitrogens with one attached hydrogen (secondary N) is 1. The number of amides is 1. The van der Waals surface area contributed by atoms with Crippen LogP contribution in [0.4, 0.5) is 0 Å². The highest BCUT2D eigenvalue weighted by Gasteiger charge is 2.06. The molecule has 0 radical (unpaired) electrons. The molecule has 90 valence electrons. The van der Waals surface area contributed by atoms with Crippen molar-refractivity contribution < 1.29 is 4.79 Å². The highest BCUT2D eigenvalue weighted by atomic mass is 16.1. The number of hydrogen-bond acceptors (Lipinski definition) is 3. The molecule has 6 heteroatoms. The molecule has 6 nitrogen and oxygen atoms in total. The number of aromatic nitrogens is 4. The van der Waals surface area contributed by atoms with E-state index in [0.29, 0.717) is 12.1 Å². The maximum atomic E-state index is 11.6. The van der Waals surface area contributed by atoms with E-state index < -0.39 is 0 Å². The Kier molecular flexibility index (Phi) is 3.54. The van der Waals surface area contributed by atoms with Gasteiger partial charge in [-0.15, -0.1) is 0 Å². The number of carbonyl (C=O) groups excluding carboxylic acids is 1. The van der Waals surface area contributed by atoms with E-state index in [-0.39, 0.29) is 5.91 Å². The highest BCUT2D eigenvalue weighted by molar-refractivity contribution is 5.93. The average Bonchev–Trinajstić information content (AvgIpc) is 2.95. The third-order valence-corrected chi connectivity index (χ3v) is 2.38. The molecule has 0 unspecified atom stereocenters. The van der Waals surface area contributed by atoms with E-state index in [9.17, 15) is 4.79 Å². The summed E-state index contributed by atoms with van der Waals surface area (Å²) in [4.78, 5) is 11.6. The van der Waals surface area contributed by atoms with Gasteiger partial charge in [0.1, 0.15) is 0 Å². The lowest BCUT2D eigenvalue weighted by molar-refractivity contribution is 0.0952. The van der Waals surface area contributed by atoms with Crippen LogP contribution in [-0.2, 0) is 13.6 Å². The van der Waals surface area contributed by atoms with Crippen LogP contribution in [0.1, 0.15) is 16.8 Å². The lowest BCUT2D eigenvalue weighted by Gasteiger charge is -2.03. The van der Waals surface area contributed by atoms with E-state index in [1.807, 2.05) is 16.9 Å². The molecule has 2 rings (SSSR count). The minimum atomic E-state index is -0.0847. The molecule has 2 heterocycles. The number of carbonyl (C=O) groups is 1. The van der Waals surface area contributed by atoms with Gasteiger partial charge in [0.25, 0.3) is 5.91 Å². The Balaban J connectivity index is 1.70. The Hall–Kier alpha value is -2.11. The van der Waals surface area contributed by atoms with Crippen LogP contribution >= 0.6 is 0 Å². The third kappa shape index (κ3) is 3.17. The Morgan fingerprint density at radius 2 is 2.35 bits per heavy atom. The second-order valence-electron chi connectivity index (χ2n) is 3.78. The zero-order valence-electron chi connectivity index (χ0n) is 9.71. The number of hydrogen-bond donors (Lipinski definition) is 1. The van der Waals surface area contributed by atoms with Gasteiger partial charge in [-0.1, -0.05) is 0 Å². The number of nitrogens with zero attached hydrogens (tertiary/aromatic N) is 4. The van der Waals surface area contributed by atoms with Gasteiger partial charge >= 0.3 is 0 Å². The summed E-state index contributed by atoms with van der Waals surface area (Å²) in [6.07, 6.45) is 7.76. The summed E-state index contributed by atoms with van der Waals surface area (Å²) >= 11 is 0. The third-order valence-electron chi connectivity index (χ3n) is 2.38. The highest BCUT2D eigenvalue weighted by Crippen LogP contribution is 1.96. The average molecular weight is 233 g/mol.